The van der Waals surface area contributed by atoms with Crippen LogP contribution in [0.1, 0.15) is 11.1 Å². The Morgan fingerprint density at radius 1 is 1.06 bits per heavy atom. The molecule has 0 saturated heterocycles. The van der Waals surface area contributed by atoms with E-state index in [1.165, 1.54) is 6.07 Å². The topological polar surface area (TPSA) is 26.0 Å². The second-order valence-corrected chi connectivity index (χ2v) is 4.91. The summed E-state index contributed by atoms with van der Waals surface area (Å²) in [4.78, 5) is 0. The quantitative estimate of drug-likeness (QED) is 0.859. The molecule has 0 bridgehead atoms. The standard InChI is InChI=1S/C14H12Cl2FN/c1-8-4-11(13(16)6-14(8)17)10-3-2-9(7-18)5-12(10)15/h2-6H,7,18H2,1H3. The van der Waals surface area contributed by atoms with Gasteiger partial charge in [0.15, 0.2) is 0 Å². The van der Waals surface area contributed by atoms with Crippen LogP contribution >= 0.6 is 23.2 Å². The molecule has 0 radical (unpaired) electrons. The molecule has 0 aliphatic heterocycles. The van der Waals surface area contributed by atoms with E-state index in [9.17, 15) is 4.39 Å². The predicted octanol–water partition coefficient (Wildman–Crippen LogP) is 4.57. The van der Waals surface area contributed by atoms with Gasteiger partial charge in [0, 0.05) is 22.7 Å². The Morgan fingerprint density at radius 3 is 2.33 bits per heavy atom. The van der Waals surface area contributed by atoms with E-state index in [4.69, 9.17) is 28.9 Å². The lowest BCUT2D eigenvalue weighted by Crippen LogP contribution is -1.96. The predicted molar refractivity (Wildman–Crippen MR) is 74.5 cm³/mol. The van der Waals surface area contributed by atoms with Crippen LogP contribution in [0.5, 0.6) is 0 Å². The highest BCUT2D eigenvalue weighted by Crippen LogP contribution is 2.35. The lowest BCUT2D eigenvalue weighted by atomic mass is 10.0. The molecule has 2 N–H and O–H groups in total. The fourth-order valence-electron chi connectivity index (χ4n) is 1.77. The molecule has 0 amide bonds. The fourth-order valence-corrected chi connectivity index (χ4v) is 2.32. The van der Waals surface area contributed by atoms with Gasteiger partial charge in [-0.05, 0) is 36.2 Å². The number of benzene rings is 2. The SMILES string of the molecule is Cc1cc(-c2ccc(CN)cc2Cl)c(Cl)cc1F. The third-order valence-electron chi connectivity index (χ3n) is 2.81. The summed E-state index contributed by atoms with van der Waals surface area (Å²) in [5.41, 5.74) is 8.53. The Kier molecular flexibility index (Phi) is 3.91. The number of hydrogen-bond donors (Lipinski definition) is 1. The van der Waals surface area contributed by atoms with Crippen molar-refractivity contribution in [3.8, 4) is 11.1 Å². The van der Waals surface area contributed by atoms with Gasteiger partial charge < -0.3 is 5.73 Å². The highest BCUT2D eigenvalue weighted by Gasteiger charge is 2.11. The second-order valence-electron chi connectivity index (χ2n) is 4.10. The van der Waals surface area contributed by atoms with E-state index >= 15 is 0 Å². The Labute approximate surface area is 115 Å². The number of halogens is 3. The molecule has 2 rings (SSSR count). The van der Waals surface area contributed by atoms with Crippen molar-refractivity contribution in [2.75, 3.05) is 0 Å². The van der Waals surface area contributed by atoms with Gasteiger partial charge in [-0.3, -0.25) is 0 Å². The zero-order chi connectivity index (χ0) is 13.3. The van der Waals surface area contributed by atoms with Crippen LogP contribution in [0.4, 0.5) is 4.39 Å². The third-order valence-corrected chi connectivity index (χ3v) is 3.43. The normalized spacial score (nSPS) is 10.7. The van der Waals surface area contributed by atoms with E-state index in [0.717, 1.165) is 16.7 Å². The highest BCUT2D eigenvalue weighted by atomic mass is 35.5. The van der Waals surface area contributed by atoms with Crippen LogP contribution < -0.4 is 5.73 Å². The van der Waals surface area contributed by atoms with Crippen LogP contribution in [0.15, 0.2) is 30.3 Å². The molecule has 1 nitrogen and oxygen atoms in total. The zero-order valence-corrected chi connectivity index (χ0v) is 11.3. The molecule has 0 aliphatic carbocycles. The molecule has 0 saturated carbocycles. The van der Waals surface area contributed by atoms with Gasteiger partial charge in [0.25, 0.3) is 0 Å². The first-order valence-electron chi connectivity index (χ1n) is 5.47. The summed E-state index contributed by atoms with van der Waals surface area (Å²) in [6, 6.07) is 8.53. The molecule has 0 aromatic heterocycles. The van der Waals surface area contributed by atoms with Gasteiger partial charge in [-0.15, -0.1) is 0 Å². The van der Waals surface area contributed by atoms with Gasteiger partial charge in [-0.1, -0.05) is 35.3 Å². The molecule has 0 aliphatic rings. The minimum Gasteiger partial charge on any atom is -0.326 e. The van der Waals surface area contributed by atoms with E-state index in [-0.39, 0.29) is 5.82 Å². The smallest absolute Gasteiger partial charge is 0.127 e. The van der Waals surface area contributed by atoms with Gasteiger partial charge in [-0.25, -0.2) is 4.39 Å². The number of hydrogen-bond acceptors (Lipinski definition) is 1. The van der Waals surface area contributed by atoms with Crippen molar-refractivity contribution in [2.24, 2.45) is 5.73 Å². The van der Waals surface area contributed by atoms with Gasteiger partial charge in [0.1, 0.15) is 5.82 Å². The van der Waals surface area contributed by atoms with Crippen LogP contribution in [-0.2, 0) is 6.54 Å². The molecule has 0 spiro atoms. The average molecular weight is 284 g/mol. The molecule has 18 heavy (non-hydrogen) atoms. The minimum absolute atomic E-state index is 0.321. The molecule has 4 heteroatoms. The van der Waals surface area contributed by atoms with Crippen LogP contribution in [0.2, 0.25) is 10.0 Å². The molecule has 0 atom stereocenters. The van der Waals surface area contributed by atoms with Crippen molar-refractivity contribution < 1.29 is 4.39 Å². The van der Waals surface area contributed by atoms with Crippen molar-refractivity contribution in [1.82, 2.24) is 0 Å². The van der Waals surface area contributed by atoms with E-state index in [1.54, 1.807) is 19.1 Å². The van der Waals surface area contributed by atoms with Crippen LogP contribution in [0, 0.1) is 12.7 Å². The molecule has 94 valence electrons. The molecule has 0 unspecified atom stereocenters. The summed E-state index contributed by atoms with van der Waals surface area (Å²) in [6.07, 6.45) is 0. The molecule has 0 heterocycles. The second kappa shape index (κ2) is 5.27. The van der Waals surface area contributed by atoms with Crippen LogP contribution in [0.25, 0.3) is 11.1 Å². The van der Waals surface area contributed by atoms with Crippen molar-refractivity contribution in [2.45, 2.75) is 13.5 Å². The average Bonchev–Trinajstić information content (AvgIpc) is 2.34. The summed E-state index contributed by atoms with van der Waals surface area (Å²) >= 11 is 12.3. The maximum Gasteiger partial charge on any atom is 0.127 e. The maximum atomic E-state index is 13.4. The Morgan fingerprint density at radius 2 is 1.72 bits per heavy atom. The Balaban J connectivity index is 2.58. The summed E-state index contributed by atoms with van der Waals surface area (Å²) in [6.45, 7) is 2.12. The first-order valence-corrected chi connectivity index (χ1v) is 6.23. The van der Waals surface area contributed by atoms with Crippen molar-refractivity contribution in [3.63, 3.8) is 0 Å². The summed E-state index contributed by atoms with van der Waals surface area (Å²) in [7, 11) is 0. The largest absolute Gasteiger partial charge is 0.326 e. The number of aryl methyl sites for hydroxylation is 1. The van der Waals surface area contributed by atoms with E-state index in [2.05, 4.69) is 0 Å². The van der Waals surface area contributed by atoms with Gasteiger partial charge >= 0.3 is 0 Å². The lowest BCUT2D eigenvalue weighted by molar-refractivity contribution is 0.619. The molecular formula is C14H12Cl2FN. The first kappa shape index (κ1) is 13.3. The van der Waals surface area contributed by atoms with Gasteiger partial charge in [0.05, 0.1) is 5.02 Å². The minimum atomic E-state index is -0.321. The van der Waals surface area contributed by atoms with Crippen LogP contribution in [-0.4, -0.2) is 0 Å². The number of rotatable bonds is 2. The summed E-state index contributed by atoms with van der Waals surface area (Å²) in [5.74, 6) is -0.321. The molecule has 0 fully saturated rings. The van der Waals surface area contributed by atoms with E-state index < -0.39 is 0 Å². The van der Waals surface area contributed by atoms with Crippen molar-refractivity contribution >= 4 is 23.2 Å². The first-order chi connectivity index (χ1) is 8.52. The van der Waals surface area contributed by atoms with E-state index in [0.29, 0.717) is 22.2 Å². The van der Waals surface area contributed by atoms with E-state index in [1.807, 2.05) is 12.1 Å². The van der Waals surface area contributed by atoms with Gasteiger partial charge in [0.2, 0.25) is 0 Å². The van der Waals surface area contributed by atoms with Crippen molar-refractivity contribution in [1.29, 1.82) is 0 Å². The highest BCUT2D eigenvalue weighted by molar-refractivity contribution is 6.36. The Hall–Kier alpha value is -1.09. The molecule has 2 aromatic rings. The van der Waals surface area contributed by atoms with Crippen molar-refractivity contribution in [3.05, 3.63) is 57.3 Å². The maximum absolute atomic E-state index is 13.4. The van der Waals surface area contributed by atoms with Gasteiger partial charge in [-0.2, -0.15) is 0 Å². The fraction of sp³-hybridized carbons (Fsp3) is 0.143. The number of nitrogens with two attached hydrogens (primary N) is 1. The molecular weight excluding hydrogens is 272 g/mol. The lowest BCUT2D eigenvalue weighted by Gasteiger charge is -2.10. The monoisotopic (exact) mass is 283 g/mol. The zero-order valence-electron chi connectivity index (χ0n) is 9.81. The third kappa shape index (κ3) is 2.51. The summed E-state index contributed by atoms with van der Waals surface area (Å²) < 4.78 is 13.4. The summed E-state index contributed by atoms with van der Waals surface area (Å²) in [5, 5.41) is 0.909. The van der Waals surface area contributed by atoms with Crippen LogP contribution in [0.3, 0.4) is 0 Å². The molecule has 2 aromatic carbocycles. The Bertz CT molecular complexity index is 597.